The van der Waals surface area contributed by atoms with Gasteiger partial charge in [-0.05, 0) is 5.54 Å². The zero-order chi connectivity index (χ0) is 13.1. The number of Topliss-reactive ketones (excluding diaryl/α,β-unsaturated/α-hetero) is 1. The summed E-state index contributed by atoms with van der Waals surface area (Å²) in [6.45, 7) is 10.9. The van der Waals surface area contributed by atoms with Gasteiger partial charge in [-0.1, -0.05) is 69.4 Å². The minimum Gasteiger partial charge on any atom is -0.299 e. The van der Waals surface area contributed by atoms with E-state index < -0.39 is 8.07 Å². The van der Waals surface area contributed by atoms with Crippen LogP contribution in [0, 0.1) is 5.92 Å². The number of benzene rings is 1. The van der Waals surface area contributed by atoms with Crippen molar-refractivity contribution in [3.8, 4) is 0 Å². The van der Waals surface area contributed by atoms with E-state index >= 15 is 0 Å². The van der Waals surface area contributed by atoms with Gasteiger partial charge < -0.3 is 0 Å². The molecule has 0 N–H and O–H groups in total. The molecule has 0 radical (unpaired) electrons. The molecular formula is C15H24OSi. The monoisotopic (exact) mass is 248 g/mol. The Labute approximate surface area is 106 Å². The summed E-state index contributed by atoms with van der Waals surface area (Å²) in [4.78, 5) is 11.9. The van der Waals surface area contributed by atoms with Crippen molar-refractivity contribution in [2.75, 3.05) is 0 Å². The van der Waals surface area contributed by atoms with Crippen LogP contribution < -0.4 is 5.19 Å². The smallest absolute Gasteiger partial charge is 0.135 e. The van der Waals surface area contributed by atoms with Gasteiger partial charge in [0.05, 0.1) is 8.07 Å². The third-order valence-corrected chi connectivity index (χ3v) is 8.39. The van der Waals surface area contributed by atoms with Gasteiger partial charge >= 0.3 is 0 Å². The summed E-state index contributed by atoms with van der Waals surface area (Å²) in [5, 5.41) is 1.45. The van der Waals surface area contributed by atoms with Crippen molar-refractivity contribution in [2.45, 2.75) is 45.8 Å². The number of carbonyl (C=O) groups excluding carboxylic acids is 1. The summed E-state index contributed by atoms with van der Waals surface area (Å²) in [5.74, 6) is 0.562. The van der Waals surface area contributed by atoms with E-state index in [1.54, 1.807) is 0 Å². The molecule has 0 aromatic heterocycles. The molecule has 0 aliphatic carbocycles. The molecule has 1 rings (SSSR count). The maximum absolute atomic E-state index is 11.9. The average molecular weight is 248 g/mol. The Morgan fingerprint density at radius 3 is 2.12 bits per heavy atom. The van der Waals surface area contributed by atoms with E-state index in [0.29, 0.717) is 11.3 Å². The summed E-state index contributed by atoms with van der Waals surface area (Å²) in [7, 11) is -1.51. The van der Waals surface area contributed by atoms with Crippen LogP contribution >= 0.6 is 0 Å². The topological polar surface area (TPSA) is 17.1 Å². The first-order valence-corrected chi connectivity index (χ1v) is 9.51. The van der Waals surface area contributed by atoms with Crippen molar-refractivity contribution in [1.29, 1.82) is 0 Å². The Morgan fingerprint density at radius 1 is 1.12 bits per heavy atom. The highest BCUT2D eigenvalue weighted by atomic mass is 28.3. The minimum absolute atomic E-state index is 0.165. The van der Waals surface area contributed by atoms with Crippen LogP contribution in [0.5, 0.6) is 0 Å². The molecule has 0 amide bonds. The average Bonchev–Trinajstić information content (AvgIpc) is 2.29. The fourth-order valence-electron chi connectivity index (χ4n) is 1.94. The second-order valence-electron chi connectivity index (χ2n) is 5.81. The first kappa shape index (κ1) is 14.2. The van der Waals surface area contributed by atoms with Gasteiger partial charge in [-0.3, -0.25) is 4.79 Å². The highest BCUT2D eigenvalue weighted by molar-refractivity contribution is 6.91. The Balaban J connectivity index is 2.80. The predicted molar refractivity (Wildman–Crippen MR) is 77.4 cm³/mol. The largest absolute Gasteiger partial charge is 0.299 e. The van der Waals surface area contributed by atoms with Crippen molar-refractivity contribution in [3.05, 3.63) is 30.3 Å². The first-order chi connectivity index (χ1) is 7.85. The molecule has 0 fully saturated rings. The van der Waals surface area contributed by atoms with Crippen LogP contribution in [-0.2, 0) is 4.79 Å². The minimum atomic E-state index is -1.51. The Bertz CT molecular complexity index is 368. The normalized spacial score (nSPS) is 13.8. The van der Waals surface area contributed by atoms with E-state index in [2.05, 4.69) is 50.3 Å². The van der Waals surface area contributed by atoms with E-state index in [9.17, 15) is 4.79 Å². The third-order valence-electron chi connectivity index (χ3n) is 3.90. The van der Waals surface area contributed by atoms with E-state index in [-0.39, 0.29) is 5.92 Å². The zero-order valence-electron chi connectivity index (χ0n) is 11.7. The second kappa shape index (κ2) is 5.63. The van der Waals surface area contributed by atoms with E-state index in [1.807, 2.05) is 13.8 Å². The van der Waals surface area contributed by atoms with Crippen LogP contribution in [-0.4, -0.2) is 13.9 Å². The van der Waals surface area contributed by atoms with E-state index in [1.165, 1.54) is 5.19 Å². The molecule has 0 bridgehead atoms. The molecule has 1 aromatic rings. The van der Waals surface area contributed by atoms with Crippen molar-refractivity contribution in [1.82, 2.24) is 0 Å². The second-order valence-corrected chi connectivity index (χ2v) is 10.8. The summed E-state index contributed by atoms with van der Waals surface area (Å²) in [6.07, 6.45) is 0.728. The van der Waals surface area contributed by atoms with Gasteiger partial charge in [0, 0.05) is 12.3 Å². The molecule has 0 heterocycles. The van der Waals surface area contributed by atoms with E-state index in [4.69, 9.17) is 0 Å². The predicted octanol–water partition coefficient (Wildman–Crippen LogP) is 3.61. The molecule has 1 aromatic carbocycles. The number of rotatable bonds is 5. The summed E-state index contributed by atoms with van der Waals surface area (Å²) in [5.41, 5.74) is 0.500. The highest BCUT2D eigenvalue weighted by Crippen LogP contribution is 2.26. The lowest BCUT2D eigenvalue weighted by molar-refractivity contribution is -0.121. The Morgan fingerprint density at radius 2 is 1.65 bits per heavy atom. The maximum atomic E-state index is 11.9. The van der Waals surface area contributed by atoms with Crippen LogP contribution in [0.1, 0.15) is 27.2 Å². The molecule has 17 heavy (non-hydrogen) atoms. The molecule has 0 spiro atoms. The van der Waals surface area contributed by atoms with E-state index in [0.717, 1.165) is 6.42 Å². The number of hydrogen-bond acceptors (Lipinski definition) is 1. The Kier molecular flexibility index (Phi) is 4.69. The lowest BCUT2D eigenvalue weighted by Gasteiger charge is -2.30. The molecular weight excluding hydrogens is 224 g/mol. The SMILES string of the molecule is CC(C)C(=O)CC(C)[Si](C)(C)c1ccccc1. The van der Waals surface area contributed by atoms with Crippen molar-refractivity contribution < 1.29 is 4.79 Å². The highest BCUT2D eigenvalue weighted by Gasteiger charge is 2.31. The summed E-state index contributed by atoms with van der Waals surface area (Å²) in [6, 6.07) is 10.7. The first-order valence-electron chi connectivity index (χ1n) is 6.44. The number of carbonyl (C=O) groups is 1. The quantitative estimate of drug-likeness (QED) is 0.728. The maximum Gasteiger partial charge on any atom is 0.135 e. The fourth-order valence-corrected chi connectivity index (χ4v) is 4.28. The summed E-state index contributed by atoms with van der Waals surface area (Å²) < 4.78 is 0. The molecule has 1 nitrogen and oxygen atoms in total. The number of hydrogen-bond donors (Lipinski definition) is 0. The van der Waals surface area contributed by atoms with Crippen molar-refractivity contribution >= 4 is 19.0 Å². The molecule has 0 aliphatic rings. The fraction of sp³-hybridized carbons (Fsp3) is 0.533. The molecule has 2 heteroatoms. The Hall–Kier alpha value is -0.893. The van der Waals surface area contributed by atoms with Gasteiger partial charge in [0.25, 0.3) is 0 Å². The molecule has 0 saturated carbocycles. The number of ketones is 1. The van der Waals surface area contributed by atoms with Crippen LogP contribution in [0.2, 0.25) is 18.6 Å². The van der Waals surface area contributed by atoms with Gasteiger partial charge in [-0.25, -0.2) is 0 Å². The van der Waals surface area contributed by atoms with Crippen molar-refractivity contribution in [2.24, 2.45) is 5.92 Å². The van der Waals surface area contributed by atoms with Gasteiger partial charge in [0.1, 0.15) is 5.78 Å². The third kappa shape index (κ3) is 3.53. The molecule has 0 aliphatic heterocycles. The summed E-state index contributed by atoms with van der Waals surface area (Å²) >= 11 is 0. The molecule has 94 valence electrons. The lowest BCUT2D eigenvalue weighted by atomic mass is 10.1. The van der Waals surface area contributed by atoms with Crippen LogP contribution in [0.3, 0.4) is 0 Å². The van der Waals surface area contributed by atoms with Crippen LogP contribution in [0.15, 0.2) is 30.3 Å². The molecule has 0 saturated heterocycles. The standard InChI is InChI=1S/C15H24OSi/c1-12(2)15(16)11-13(3)17(4,5)14-9-7-6-8-10-14/h6-10,12-13H,11H2,1-5H3. The lowest BCUT2D eigenvalue weighted by Crippen LogP contribution is -2.45. The zero-order valence-corrected chi connectivity index (χ0v) is 12.7. The van der Waals surface area contributed by atoms with Crippen LogP contribution in [0.4, 0.5) is 0 Å². The van der Waals surface area contributed by atoms with Gasteiger partial charge in [0.15, 0.2) is 0 Å². The van der Waals surface area contributed by atoms with Gasteiger partial charge in [-0.15, -0.1) is 0 Å². The van der Waals surface area contributed by atoms with Crippen LogP contribution in [0.25, 0.3) is 0 Å². The van der Waals surface area contributed by atoms with Crippen molar-refractivity contribution in [3.63, 3.8) is 0 Å². The molecule has 1 unspecified atom stereocenters. The van der Waals surface area contributed by atoms with Gasteiger partial charge in [-0.2, -0.15) is 0 Å². The molecule has 1 atom stereocenters. The van der Waals surface area contributed by atoms with Gasteiger partial charge in [0.2, 0.25) is 0 Å².